The van der Waals surface area contributed by atoms with Gasteiger partial charge in [-0.25, -0.2) is 0 Å². The van der Waals surface area contributed by atoms with Crippen LogP contribution >= 0.6 is 11.6 Å². The van der Waals surface area contributed by atoms with E-state index in [0.717, 1.165) is 16.3 Å². The summed E-state index contributed by atoms with van der Waals surface area (Å²) < 4.78 is 5.76. The van der Waals surface area contributed by atoms with Crippen molar-refractivity contribution in [1.29, 1.82) is 0 Å². The predicted molar refractivity (Wildman–Crippen MR) is 97.3 cm³/mol. The Morgan fingerprint density at radius 2 is 1.75 bits per heavy atom. The SMILES string of the molecule is C[C@@H](Oc1ccc2ccccc2c1)C(=O)NCc1ccc(Cl)cc1. The molecule has 0 fully saturated rings. The van der Waals surface area contributed by atoms with Crippen molar-refractivity contribution in [2.45, 2.75) is 19.6 Å². The van der Waals surface area contributed by atoms with Crippen LogP contribution in [0.15, 0.2) is 66.7 Å². The Kier molecular flexibility index (Phi) is 5.02. The smallest absolute Gasteiger partial charge is 0.261 e. The van der Waals surface area contributed by atoms with Gasteiger partial charge in [0.05, 0.1) is 0 Å². The molecule has 122 valence electrons. The number of hydrogen-bond donors (Lipinski definition) is 1. The molecule has 0 aliphatic rings. The van der Waals surface area contributed by atoms with Crippen molar-refractivity contribution in [3.63, 3.8) is 0 Å². The number of rotatable bonds is 5. The van der Waals surface area contributed by atoms with Crippen LogP contribution in [0.4, 0.5) is 0 Å². The molecule has 0 aliphatic heterocycles. The molecule has 0 saturated heterocycles. The Hall–Kier alpha value is -2.52. The van der Waals surface area contributed by atoms with Crippen molar-refractivity contribution in [2.24, 2.45) is 0 Å². The molecule has 1 atom stereocenters. The molecule has 3 rings (SSSR count). The van der Waals surface area contributed by atoms with Gasteiger partial charge in [-0.2, -0.15) is 0 Å². The first-order valence-electron chi connectivity index (χ1n) is 7.79. The molecule has 0 bridgehead atoms. The fourth-order valence-electron chi connectivity index (χ4n) is 2.43. The third kappa shape index (κ3) is 4.06. The molecule has 0 unspecified atom stereocenters. The number of amides is 1. The van der Waals surface area contributed by atoms with Crippen molar-refractivity contribution in [2.75, 3.05) is 0 Å². The van der Waals surface area contributed by atoms with E-state index >= 15 is 0 Å². The van der Waals surface area contributed by atoms with E-state index in [-0.39, 0.29) is 5.91 Å². The number of halogens is 1. The van der Waals surface area contributed by atoms with Crippen molar-refractivity contribution < 1.29 is 9.53 Å². The maximum atomic E-state index is 12.2. The van der Waals surface area contributed by atoms with Crippen molar-refractivity contribution in [3.8, 4) is 5.75 Å². The van der Waals surface area contributed by atoms with Crippen molar-refractivity contribution in [1.82, 2.24) is 5.32 Å². The second-order valence-electron chi connectivity index (χ2n) is 5.61. The van der Waals surface area contributed by atoms with E-state index in [2.05, 4.69) is 5.32 Å². The molecule has 4 heteroatoms. The lowest BCUT2D eigenvalue weighted by Crippen LogP contribution is -2.35. The van der Waals surface area contributed by atoms with E-state index in [1.165, 1.54) is 0 Å². The Labute approximate surface area is 146 Å². The van der Waals surface area contributed by atoms with Gasteiger partial charge in [-0.05, 0) is 47.5 Å². The van der Waals surface area contributed by atoms with Gasteiger partial charge >= 0.3 is 0 Å². The third-order valence-electron chi connectivity index (χ3n) is 3.78. The minimum atomic E-state index is -0.571. The molecule has 0 heterocycles. The molecule has 3 aromatic carbocycles. The van der Waals surface area contributed by atoms with Gasteiger partial charge in [-0.3, -0.25) is 4.79 Å². The molecular formula is C20H18ClNO2. The fraction of sp³-hybridized carbons (Fsp3) is 0.150. The minimum Gasteiger partial charge on any atom is -0.481 e. The van der Waals surface area contributed by atoms with E-state index in [9.17, 15) is 4.79 Å². The topological polar surface area (TPSA) is 38.3 Å². The quantitative estimate of drug-likeness (QED) is 0.739. The number of carbonyl (C=O) groups is 1. The standard InChI is InChI=1S/C20H18ClNO2/c1-14(20(23)22-13-15-6-9-18(21)10-7-15)24-19-11-8-16-4-2-3-5-17(16)12-19/h2-12,14H,13H2,1H3,(H,22,23)/t14-/m1/s1. The summed E-state index contributed by atoms with van der Waals surface area (Å²) in [5.41, 5.74) is 0.991. The van der Waals surface area contributed by atoms with Crippen LogP contribution in [0.3, 0.4) is 0 Å². The van der Waals surface area contributed by atoms with E-state index in [1.807, 2.05) is 54.6 Å². The number of carbonyl (C=O) groups excluding carboxylic acids is 1. The third-order valence-corrected chi connectivity index (χ3v) is 4.03. The summed E-state index contributed by atoms with van der Waals surface area (Å²) in [6.07, 6.45) is -0.571. The summed E-state index contributed by atoms with van der Waals surface area (Å²) in [7, 11) is 0. The lowest BCUT2D eigenvalue weighted by molar-refractivity contribution is -0.127. The Balaban J connectivity index is 1.59. The van der Waals surface area contributed by atoms with Gasteiger partial charge in [0, 0.05) is 11.6 Å². The van der Waals surface area contributed by atoms with Crippen molar-refractivity contribution in [3.05, 3.63) is 77.3 Å². The zero-order valence-electron chi connectivity index (χ0n) is 13.3. The maximum absolute atomic E-state index is 12.2. The van der Waals surface area contributed by atoms with E-state index in [1.54, 1.807) is 19.1 Å². The van der Waals surface area contributed by atoms with Crippen LogP contribution in [-0.2, 0) is 11.3 Å². The van der Waals surface area contributed by atoms with Gasteiger partial charge in [-0.15, -0.1) is 0 Å². The van der Waals surface area contributed by atoms with Crippen LogP contribution in [0.2, 0.25) is 5.02 Å². The van der Waals surface area contributed by atoms with Crippen molar-refractivity contribution >= 4 is 28.3 Å². The van der Waals surface area contributed by atoms with Gasteiger partial charge in [0.15, 0.2) is 6.10 Å². The first-order chi connectivity index (χ1) is 11.6. The highest BCUT2D eigenvalue weighted by Gasteiger charge is 2.14. The van der Waals surface area contributed by atoms with E-state index in [4.69, 9.17) is 16.3 Å². The van der Waals surface area contributed by atoms with E-state index in [0.29, 0.717) is 17.3 Å². The minimum absolute atomic E-state index is 0.155. The van der Waals surface area contributed by atoms with Crippen LogP contribution in [-0.4, -0.2) is 12.0 Å². The maximum Gasteiger partial charge on any atom is 0.261 e. The predicted octanol–water partition coefficient (Wildman–Crippen LogP) is 4.58. The first-order valence-corrected chi connectivity index (χ1v) is 8.17. The number of ether oxygens (including phenoxy) is 1. The largest absolute Gasteiger partial charge is 0.481 e. The summed E-state index contributed by atoms with van der Waals surface area (Å²) in [5, 5.41) is 5.78. The number of fused-ring (bicyclic) bond motifs is 1. The molecule has 0 saturated carbocycles. The second-order valence-corrected chi connectivity index (χ2v) is 6.05. The summed E-state index contributed by atoms with van der Waals surface area (Å²) >= 11 is 5.85. The van der Waals surface area contributed by atoms with Gasteiger partial charge in [0.2, 0.25) is 0 Å². The summed E-state index contributed by atoms with van der Waals surface area (Å²) in [5.74, 6) is 0.529. The number of hydrogen-bond acceptors (Lipinski definition) is 2. The molecule has 0 aromatic heterocycles. The highest BCUT2D eigenvalue weighted by molar-refractivity contribution is 6.30. The normalized spacial score (nSPS) is 11.9. The van der Waals surface area contributed by atoms with Gasteiger partial charge in [0.1, 0.15) is 5.75 Å². The number of nitrogens with one attached hydrogen (secondary N) is 1. The Morgan fingerprint density at radius 1 is 1.04 bits per heavy atom. The monoisotopic (exact) mass is 339 g/mol. The molecule has 1 amide bonds. The highest BCUT2D eigenvalue weighted by atomic mass is 35.5. The second kappa shape index (κ2) is 7.37. The summed E-state index contributed by atoms with van der Waals surface area (Å²) in [4.78, 5) is 12.2. The fourth-order valence-corrected chi connectivity index (χ4v) is 2.56. The Bertz CT molecular complexity index is 846. The molecule has 3 nitrogen and oxygen atoms in total. The molecule has 0 spiro atoms. The molecule has 0 aliphatic carbocycles. The van der Waals surface area contributed by atoms with Crippen LogP contribution < -0.4 is 10.1 Å². The summed E-state index contributed by atoms with van der Waals surface area (Å²) in [6.45, 7) is 2.19. The molecule has 24 heavy (non-hydrogen) atoms. The lowest BCUT2D eigenvalue weighted by Gasteiger charge is -2.15. The van der Waals surface area contributed by atoms with Gasteiger partial charge < -0.3 is 10.1 Å². The van der Waals surface area contributed by atoms with Crippen LogP contribution in [0.25, 0.3) is 10.8 Å². The zero-order chi connectivity index (χ0) is 16.9. The van der Waals surface area contributed by atoms with Gasteiger partial charge in [-0.1, -0.05) is 54.1 Å². The first kappa shape index (κ1) is 16.3. The van der Waals surface area contributed by atoms with Crippen LogP contribution in [0.5, 0.6) is 5.75 Å². The molecule has 1 N–H and O–H groups in total. The van der Waals surface area contributed by atoms with Gasteiger partial charge in [0.25, 0.3) is 5.91 Å². The molecule has 0 radical (unpaired) electrons. The Morgan fingerprint density at radius 3 is 2.50 bits per heavy atom. The van der Waals surface area contributed by atoms with Crippen LogP contribution in [0, 0.1) is 0 Å². The highest BCUT2D eigenvalue weighted by Crippen LogP contribution is 2.21. The molecular weight excluding hydrogens is 322 g/mol. The summed E-state index contributed by atoms with van der Waals surface area (Å²) in [6, 6.07) is 21.2. The average Bonchev–Trinajstić information content (AvgIpc) is 2.61. The number of benzene rings is 3. The average molecular weight is 340 g/mol. The molecule has 3 aromatic rings. The lowest BCUT2D eigenvalue weighted by atomic mass is 10.1. The van der Waals surface area contributed by atoms with Crippen LogP contribution in [0.1, 0.15) is 12.5 Å². The van der Waals surface area contributed by atoms with E-state index < -0.39 is 6.10 Å². The zero-order valence-corrected chi connectivity index (χ0v) is 14.1.